The fourth-order valence-electron chi connectivity index (χ4n) is 1.36. The Kier molecular flexibility index (Phi) is 2.29. The lowest BCUT2D eigenvalue weighted by Crippen LogP contribution is -2.26. The largest absolute Gasteiger partial charge is 0.482 e. The van der Waals surface area contributed by atoms with Crippen LogP contribution in [0.5, 0.6) is 5.75 Å². The summed E-state index contributed by atoms with van der Waals surface area (Å²) in [6.45, 7) is -0.00972. The van der Waals surface area contributed by atoms with Gasteiger partial charge in [-0.1, -0.05) is 0 Å². The smallest absolute Gasteiger partial charge is 0.262 e. The van der Waals surface area contributed by atoms with E-state index < -0.39 is 0 Å². The van der Waals surface area contributed by atoms with E-state index in [-0.39, 0.29) is 18.4 Å². The van der Waals surface area contributed by atoms with Crippen LogP contribution in [-0.2, 0) is 4.79 Å². The first-order chi connectivity index (χ1) is 7.20. The van der Waals surface area contributed by atoms with Crippen LogP contribution in [0.1, 0.15) is 10.4 Å². The van der Waals surface area contributed by atoms with E-state index in [4.69, 9.17) is 4.74 Å². The minimum Gasteiger partial charge on any atom is -0.482 e. The Morgan fingerprint density at radius 3 is 3.07 bits per heavy atom. The molecular formula is C10H10N2O3. The molecule has 0 atom stereocenters. The van der Waals surface area contributed by atoms with Crippen LogP contribution in [0.15, 0.2) is 18.2 Å². The summed E-state index contributed by atoms with van der Waals surface area (Å²) in [6, 6.07) is 4.89. The number of hydrogen-bond acceptors (Lipinski definition) is 3. The van der Waals surface area contributed by atoms with Gasteiger partial charge in [0.25, 0.3) is 11.8 Å². The summed E-state index contributed by atoms with van der Waals surface area (Å²) in [5.41, 5.74) is 1.10. The lowest BCUT2D eigenvalue weighted by molar-refractivity contribution is -0.118. The first kappa shape index (κ1) is 9.51. The van der Waals surface area contributed by atoms with Crippen molar-refractivity contribution in [1.82, 2.24) is 5.32 Å². The second-order valence-electron chi connectivity index (χ2n) is 3.13. The molecule has 5 nitrogen and oxygen atoms in total. The van der Waals surface area contributed by atoms with E-state index in [1.807, 2.05) is 0 Å². The molecule has 0 radical (unpaired) electrons. The van der Waals surface area contributed by atoms with Gasteiger partial charge in [-0.3, -0.25) is 9.59 Å². The first-order valence-corrected chi connectivity index (χ1v) is 4.49. The average molecular weight is 206 g/mol. The molecule has 2 amide bonds. The molecule has 0 unspecified atom stereocenters. The molecule has 0 saturated heterocycles. The molecule has 0 saturated carbocycles. The highest BCUT2D eigenvalue weighted by molar-refractivity contribution is 5.98. The van der Waals surface area contributed by atoms with Crippen molar-refractivity contribution in [2.24, 2.45) is 0 Å². The van der Waals surface area contributed by atoms with E-state index >= 15 is 0 Å². The zero-order valence-corrected chi connectivity index (χ0v) is 8.16. The number of fused-ring (bicyclic) bond motifs is 1. The molecule has 0 fully saturated rings. The summed E-state index contributed by atoms with van der Waals surface area (Å²) in [6.07, 6.45) is 0. The molecule has 0 spiro atoms. The molecule has 0 bridgehead atoms. The van der Waals surface area contributed by atoms with Gasteiger partial charge >= 0.3 is 0 Å². The maximum atomic E-state index is 11.3. The van der Waals surface area contributed by atoms with Crippen LogP contribution in [0.2, 0.25) is 0 Å². The second kappa shape index (κ2) is 3.61. The summed E-state index contributed by atoms with van der Waals surface area (Å²) in [5, 5.41) is 5.16. The molecule has 5 heteroatoms. The van der Waals surface area contributed by atoms with Gasteiger partial charge in [-0.15, -0.1) is 0 Å². The topological polar surface area (TPSA) is 67.4 Å². The lowest BCUT2D eigenvalue weighted by atomic mass is 10.1. The zero-order valence-electron chi connectivity index (χ0n) is 8.16. The van der Waals surface area contributed by atoms with Gasteiger partial charge in [0.1, 0.15) is 5.75 Å². The standard InChI is InChI=1S/C10H10N2O3/c1-11-10(14)6-2-3-7-8(4-6)15-5-9(13)12-7/h2-4H,5H2,1H3,(H,11,14)(H,12,13). The molecule has 1 heterocycles. The molecule has 15 heavy (non-hydrogen) atoms. The molecule has 1 aromatic rings. The van der Waals surface area contributed by atoms with Crippen LogP contribution in [0.25, 0.3) is 0 Å². The first-order valence-electron chi connectivity index (χ1n) is 4.49. The highest BCUT2D eigenvalue weighted by atomic mass is 16.5. The van der Waals surface area contributed by atoms with Crippen molar-refractivity contribution in [3.63, 3.8) is 0 Å². The van der Waals surface area contributed by atoms with Gasteiger partial charge in [-0.05, 0) is 18.2 Å². The van der Waals surface area contributed by atoms with E-state index in [1.165, 1.54) is 0 Å². The molecule has 0 aromatic heterocycles. The third kappa shape index (κ3) is 1.76. The number of anilines is 1. The minimum atomic E-state index is -0.185. The van der Waals surface area contributed by atoms with Crippen molar-refractivity contribution in [2.75, 3.05) is 19.0 Å². The summed E-state index contributed by atoms with van der Waals surface area (Å²) in [5.74, 6) is 0.157. The molecule has 1 aliphatic rings. The Labute approximate surface area is 86.4 Å². The molecular weight excluding hydrogens is 196 g/mol. The Morgan fingerprint density at radius 2 is 2.33 bits per heavy atom. The minimum absolute atomic E-state index is 0.00972. The van der Waals surface area contributed by atoms with Gasteiger partial charge in [0.05, 0.1) is 5.69 Å². The molecule has 0 aliphatic carbocycles. The summed E-state index contributed by atoms with van der Waals surface area (Å²) < 4.78 is 5.18. The third-order valence-corrected chi connectivity index (χ3v) is 2.10. The van der Waals surface area contributed by atoms with Crippen molar-refractivity contribution >= 4 is 17.5 Å². The van der Waals surface area contributed by atoms with E-state index in [0.29, 0.717) is 17.0 Å². The van der Waals surface area contributed by atoms with Gasteiger partial charge in [0.15, 0.2) is 6.61 Å². The molecule has 2 N–H and O–H groups in total. The number of hydrogen-bond donors (Lipinski definition) is 2. The van der Waals surface area contributed by atoms with Gasteiger partial charge in [0, 0.05) is 12.6 Å². The van der Waals surface area contributed by atoms with E-state index in [9.17, 15) is 9.59 Å². The summed E-state index contributed by atoms with van der Waals surface area (Å²) >= 11 is 0. The summed E-state index contributed by atoms with van der Waals surface area (Å²) in [4.78, 5) is 22.3. The second-order valence-corrected chi connectivity index (χ2v) is 3.13. The lowest BCUT2D eigenvalue weighted by Gasteiger charge is -2.18. The fourth-order valence-corrected chi connectivity index (χ4v) is 1.36. The van der Waals surface area contributed by atoms with Crippen molar-refractivity contribution in [3.8, 4) is 5.75 Å². The molecule has 2 rings (SSSR count). The van der Waals surface area contributed by atoms with Crippen LogP contribution < -0.4 is 15.4 Å². The average Bonchev–Trinajstić information content (AvgIpc) is 2.27. The number of ether oxygens (including phenoxy) is 1. The zero-order chi connectivity index (χ0) is 10.8. The fraction of sp³-hybridized carbons (Fsp3) is 0.200. The van der Waals surface area contributed by atoms with Crippen LogP contribution in [0.4, 0.5) is 5.69 Å². The Balaban J connectivity index is 2.34. The summed E-state index contributed by atoms with van der Waals surface area (Å²) in [7, 11) is 1.56. The maximum Gasteiger partial charge on any atom is 0.262 e. The van der Waals surface area contributed by atoms with Crippen LogP contribution in [0, 0.1) is 0 Å². The van der Waals surface area contributed by atoms with Gasteiger partial charge in [0.2, 0.25) is 0 Å². The quantitative estimate of drug-likeness (QED) is 0.697. The van der Waals surface area contributed by atoms with Crippen LogP contribution in [-0.4, -0.2) is 25.5 Å². The van der Waals surface area contributed by atoms with Crippen molar-refractivity contribution in [1.29, 1.82) is 0 Å². The van der Waals surface area contributed by atoms with E-state index in [0.717, 1.165) is 0 Å². The monoisotopic (exact) mass is 206 g/mol. The van der Waals surface area contributed by atoms with Crippen LogP contribution >= 0.6 is 0 Å². The van der Waals surface area contributed by atoms with E-state index in [2.05, 4.69) is 10.6 Å². The Bertz CT molecular complexity index is 429. The maximum absolute atomic E-state index is 11.3. The Hall–Kier alpha value is -2.04. The predicted molar refractivity (Wildman–Crippen MR) is 54.0 cm³/mol. The number of carbonyl (C=O) groups excluding carboxylic acids is 2. The van der Waals surface area contributed by atoms with Crippen molar-refractivity contribution < 1.29 is 14.3 Å². The molecule has 1 aliphatic heterocycles. The van der Waals surface area contributed by atoms with Crippen LogP contribution in [0.3, 0.4) is 0 Å². The highest BCUT2D eigenvalue weighted by Gasteiger charge is 2.17. The molecule has 1 aromatic carbocycles. The SMILES string of the molecule is CNC(=O)c1ccc2c(c1)OCC(=O)N2. The van der Waals surface area contributed by atoms with Gasteiger partial charge in [-0.2, -0.15) is 0 Å². The van der Waals surface area contributed by atoms with Crippen molar-refractivity contribution in [2.45, 2.75) is 0 Å². The normalized spacial score (nSPS) is 13.5. The highest BCUT2D eigenvalue weighted by Crippen LogP contribution is 2.28. The number of benzene rings is 1. The number of carbonyl (C=O) groups is 2. The number of nitrogens with one attached hydrogen (secondary N) is 2. The third-order valence-electron chi connectivity index (χ3n) is 2.10. The van der Waals surface area contributed by atoms with Gasteiger partial charge < -0.3 is 15.4 Å². The van der Waals surface area contributed by atoms with Gasteiger partial charge in [-0.25, -0.2) is 0 Å². The number of amides is 2. The Morgan fingerprint density at radius 1 is 1.53 bits per heavy atom. The van der Waals surface area contributed by atoms with E-state index in [1.54, 1.807) is 25.2 Å². The van der Waals surface area contributed by atoms with Crippen molar-refractivity contribution in [3.05, 3.63) is 23.8 Å². The molecule has 78 valence electrons. The number of rotatable bonds is 1. The predicted octanol–water partition coefficient (Wildman–Crippen LogP) is 0.377.